The fourth-order valence-electron chi connectivity index (χ4n) is 4.07. The molecule has 0 aromatic heterocycles. The van der Waals surface area contributed by atoms with Crippen molar-refractivity contribution in [3.63, 3.8) is 0 Å². The lowest BCUT2D eigenvalue weighted by Gasteiger charge is -2.33. The van der Waals surface area contributed by atoms with E-state index >= 15 is 0 Å². The maximum atomic E-state index is 13.3. The van der Waals surface area contributed by atoms with E-state index in [-0.39, 0.29) is 18.4 Å². The van der Waals surface area contributed by atoms with E-state index in [0.717, 1.165) is 11.3 Å². The van der Waals surface area contributed by atoms with Gasteiger partial charge in [0.2, 0.25) is 5.91 Å². The Bertz CT molecular complexity index is 768. The molecule has 1 aliphatic heterocycles. The summed E-state index contributed by atoms with van der Waals surface area (Å²) in [6, 6.07) is 4.83. The standard InChI is InChI=1S/C21H30FN3O3/c1-7-21(14-8-10-15(22)11-9-14)17(27)25(18(28)24-21)12-16(26)23-20(5,6)13-19(2,3)4/h8-11H,7,12-13H2,1-6H3,(H,23,26)(H,24,28)/t21-/m1/s1. The van der Waals surface area contributed by atoms with E-state index in [2.05, 4.69) is 31.4 Å². The first kappa shape index (κ1) is 21.9. The van der Waals surface area contributed by atoms with Crippen LogP contribution in [0.1, 0.15) is 59.9 Å². The second-order valence-corrected chi connectivity index (χ2v) is 9.26. The predicted molar refractivity (Wildman–Crippen MR) is 105 cm³/mol. The van der Waals surface area contributed by atoms with Crippen molar-refractivity contribution in [3.8, 4) is 0 Å². The van der Waals surface area contributed by atoms with Crippen LogP contribution in [0.25, 0.3) is 0 Å². The largest absolute Gasteiger partial charge is 0.350 e. The van der Waals surface area contributed by atoms with E-state index in [1.54, 1.807) is 6.92 Å². The number of benzene rings is 1. The van der Waals surface area contributed by atoms with Gasteiger partial charge in [-0.1, -0.05) is 39.8 Å². The number of carbonyl (C=O) groups excluding carboxylic acids is 3. The smallest absolute Gasteiger partial charge is 0.325 e. The van der Waals surface area contributed by atoms with Gasteiger partial charge in [-0.15, -0.1) is 0 Å². The van der Waals surface area contributed by atoms with Gasteiger partial charge in [-0.05, 0) is 49.8 Å². The highest BCUT2D eigenvalue weighted by atomic mass is 19.1. The number of carbonyl (C=O) groups is 3. The van der Waals surface area contributed by atoms with Crippen molar-refractivity contribution < 1.29 is 18.8 Å². The maximum Gasteiger partial charge on any atom is 0.325 e. The monoisotopic (exact) mass is 391 g/mol. The number of rotatable bonds is 6. The summed E-state index contributed by atoms with van der Waals surface area (Å²) in [5, 5.41) is 5.61. The van der Waals surface area contributed by atoms with Crippen LogP contribution < -0.4 is 10.6 Å². The topological polar surface area (TPSA) is 78.5 Å². The lowest BCUT2D eigenvalue weighted by molar-refractivity contribution is -0.136. The molecule has 0 unspecified atom stereocenters. The fourth-order valence-corrected chi connectivity index (χ4v) is 4.07. The van der Waals surface area contributed by atoms with Crippen LogP contribution in [0, 0.1) is 11.2 Å². The minimum absolute atomic E-state index is 0.0115. The van der Waals surface area contributed by atoms with Crippen LogP contribution in [0.15, 0.2) is 24.3 Å². The van der Waals surface area contributed by atoms with Gasteiger partial charge in [-0.3, -0.25) is 14.5 Å². The van der Waals surface area contributed by atoms with Gasteiger partial charge >= 0.3 is 6.03 Å². The SMILES string of the molecule is CC[C@]1(c2ccc(F)cc2)NC(=O)N(CC(=O)NC(C)(C)CC(C)(C)C)C1=O. The highest BCUT2D eigenvalue weighted by molar-refractivity contribution is 6.09. The van der Waals surface area contributed by atoms with Crippen LogP contribution in [0.3, 0.4) is 0 Å². The van der Waals surface area contributed by atoms with Crippen LogP contribution in [0.2, 0.25) is 0 Å². The predicted octanol–water partition coefficient (Wildman–Crippen LogP) is 3.31. The Kier molecular flexibility index (Phi) is 5.87. The van der Waals surface area contributed by atoms with E-state index in [1.807, 2.05) is 13.8 Å². The van der Waals surface area contributed by atoms with Crippen molar-refractivity contribution >= 4 is 17.8 Å². The molecule has 0 saturated carbocycles. The molecule has 28 heavy (non-hydrogen) atoms. The number of imide groups is 1. The Balaban J connectivity index is 2.17. The van der Waals surface area contributed by atoms with Gasteiger partial charge in [0.15, 0.2) is 0 Å². The van der Waals surface area contributed by atoms with Crippen molar-refractivity contribution in [1.82, 2.24) is 15.5 Å². The molecule has 1 aromatic rings. The van der Waals surface area contributed by atoms with Crippen molar-refractivity contribution in [3.05, 3.63) is 35.6 Å². The molecule has 2 rings (SSSR count). The van der Waals surface area contributed by atoms with Crippen molar-refractivity contribution in [1.29, 1.82) is 0 Å². The zero-order valence-electron chi connectivity index (χ0n) is 17.5. The molecule has 0 aliphatic carbocycles. The fraction of sp³-hybridized carbons (Fsp3) is 0.571. The van der Waals surface area contributed by atoms with E-state index in [1.165, 1.54) is 24.3 Å². The molecule has 6 nitrogen and oxygen atoms in total. The average Bonchev–Trinajstić information content (AvgIpc) is 2.77. The minimum atomic E-state index is -1.29. The lowest BCUT2D eigenvalue weighted by Crippen LogP contribution is -2.50. The molecule has 0 spiro atoms. The Morgan fingerprint density at radius 1 is 1.14 bits per heavy atom. The van der Waals surface area contributed by atoms with E-state index in [9.17, 15) is 18.8 Å². The molecular weight excluding hydrogens is 361 g/mol. The number of hydrogen-bond donors (Lipinski definition) is 2. The number of halogens is 1. The summed E-state index contributed by atoms with van der Waals surface area (Å²) < 4.78 is 13.3. The summed E-state index contributed by atoms with van der Waals surface area (Å²) in [5.74, 6) is -1.33. The number of urea groups is 1. The third-order valence-corrected chi connectivity index (χ3v) is 4.79. The molecule has 0 bridgehead atoms. The van der Waals surface area contributed by atoms with Gasteiger partial charge in [0.25, 0.3) is 5.91 Å². The normalized spacial score (nSPS) is 20.3. The third-order valence-electron chi connectivity index (χ3n) is 4.79. The van der Waals surface area contributed by atoms with Crippen LogP contribution in [-0.4, -0.2) is 34.8 Å². The first-order valence-corrected chi connectivity index (χ1v) is 9.51. The molecule has 154 valence electrons. The Labute approximate surface area is 165 Å². The molecule has 1 fully saturated rings. The van der Waals surface area contributed by atoms with E-state index in [4.69, 9.17) is 0 Å². The van der Waals surface area contributed by atoms with Crippen LogP contribution in [-0.2, 0) is 15.1 Å². The molecule has 7 heteroatoms. The maximum absolute atomic E-state index is 13.3. The zero-order valence-corrected chi connectivity index (χ0v) is 17.5. The lowest BCUT2D eigenvalue weighted by atomic mass is 9.82. The van der Waals surface area contributed by atoms with Crippen LogP contribution in [0.4, 0.5) is 9.18 Å². The number of nitrogens with zero attached hydrogens (tertiary/aromatic N) is 1. The summed E-state index contributed by atoms with van der Waals surface area (Å²) in [5.41, 5.74) is -1.26. The van der Waals surface area contributed by atoms with Crippen molar-refractivity contribution in [2.24, 2.45) is 5.41 Å². The molecule has 1 aromatic carbocycles. The van der Waals surface area contributed by atoms with Gasteiger partial charge in [0, 0.05) is 5.54 Å². The molecule has 4 amide bonds. The Morgan fingerprint density at radius 2 is 1.71 bits per heavy atom. The second-order valence-electron chi connectivity index (χ2n) is 9.26. The zero-order chi connectivity index (χ0) is 21.3. The van der Waals surface area contributed by atoms with Gasteiger partial charge in [-0.2, -0.15) is 0 Å². The summed E-state index contributed by atoms with van der Waals surface area (Å²) in [6.07, 6.45) is 1.03. The first-order valence-electron chi connectivity index (χ1n) is 9.51. The highest BCUT2D eigenvalue weighted by Gasteiger charge is 2.51. The second kappa shape index (κ2) is 7.53. The molecule has 1 aliphatic rings. The summed E-state index contributed by atoms with van der Waals surface area (Å²) >= 11 is 0. The van der Waals surface area contributed by atoms with Crippen molar-refractivity contribution in [2.45, 2.75) is 65.5 Å². The van der Waals surface area contributed by atoms with Crippen LogP contribution >= 0.6 is 0 Å². The first-order chi connectivity index (χ1) is 12.8. The number of amides is 4. The third kappa shape index (κ3) is 4.69. The molecule has 1 heterocycles. The van der Waals surface area contributed by atoms with Crippen LogP contribution in [0.5, 0.6) is 0 Å². The Morgan fingerprint density at radius 3 is 2.21 bits per heavy atom. The minimum Gasteiger partial charge on any atom is -0.350 e. The number of hydrogen-bond acceptors (Lipinski definition) is 3. The van der Waals surface area contributed by atoms with E-state index in [0.29, 0.717) is 5.56 Å². The number of nitrogens with one attached hydrogen (secondary N) is 2. The van der Waals surface area contributed by atoms with E-state index < -0.39 is 34.7 Å². The van der Waals surface area contributed by atoms with Gasteiger partial charge in [-0.25, -0.2) is 9.18 Å². The molecule has 1 atom stereocenters. The quantitative estimate of drug-likeness (QED) is 0.730. The van der Waals surface area contributed by atoms with Gasteiger partial charge < -0.3 is 10.6 Å². The molecule has 2 N–H and O–H groups in total. The van der Waals surface area contributed by atoms with Gasteiger partial charge in [0.05, 0.1) is 0 Å². The molecule has 0 radical (unpaired) electrons. The summed E-state index contributed by atoms with van der Waals surface area (Å²) in [6.45, 7) is 11.5. The Hall–Kier alpha value is -2.44. The molecular formula is C21H30FN3O3. The average molecular weight is 391 g/mol. The highest BCUT2D eigenvalue weighted by Crippen LogP contribution is 2.32. The summed E-state index contributed by atoms with van der Waals surface area (Å²) in [4.78, 5) is 39.0. The van der Waals surface area contributed by atoms with Gasteiger partial charge in [0.1, 0.15) is 17.9 Å². The summed E-state index contributed by atoms with van der Waals surface area (Å²) in [7, 11) is 0. The molecule has 1 saturated heterocycles. The van der Waals surface area contributed by atoms with Crippen molar-refractivity contribution in [2.75, 3.05) is 6.54 Å².